The zero-order valence-electron chi connectivity index (χ0n) is 12.9. The predicted octanol–water partition coefficient (Wildman–Crippen LogP) is 2.05. The minimum atomic E-state index is 0.808. The van der Waals surface area contributed by atoms with E-state index in [1.165, 1.54) is 25.9 Å². The summed E-state index contributed by atoms with van der Waals surface area (Å²) in [4.78, 5) is 4.79. The summed E-state index contributed by atoms with van der Waals surface area (Å²) in [6.07, 6.45) is 2.60. The van der Waals surface area contributed by atoms with Gasteiger partial charge in [0.25, 0.3) is 0 Å². The van der Waals surface area contributed by atoms with Gasteiger partial charge < -0.3 is 20.3 Å². The van der Waals surface area contributed by atoms with E-state index >= 15 is 0 Å². The number of hydrogen-bond donors (Lipinski definition) is 1. The first-order chi connectivity index (χ1) is 9.58. The first kappa shape index (κ1) is 15.1. The lowest BCUT2D eigenvalue weighted by molar-refractivity contribution is 0.173. The van der Waals surface area contributed by atoms with Gasteiger partial charge in [0.05, 0.1) is 7.11 Å². The third-order valence-electron chi connectivity index (χ3n) is 4.20. The lowest BCUT2D eigenvalue weighted by Crippen LogP contribution is -2.35. The van der Waals surface area contributed by atoms with Crippen LogP contribution in [0.25, 0.3) is 0 Å². The topological polar surface area (TPSA) is 41.7 Å². The van der Waals surface area contributed by atoms with Crippen molar-refractivity contribution in [1.29, 1.82) is 0 Å². The Morgan fingerprint density at radius 1 is 1.35 bits per heavy atom. The summed E-state index contributed by atoms with van der Waals surface area (Å²) in [5, 5.41) is 0. The maximum atomic E-state index is 6.05. The highest BCUT2D eigenvalue weighted by molar-refractivity contribution is 5.50. The molecule has 1 saturated heterocycles. The molecule has 0 aromatic heterocycles. The van der Waals surface area contributed by atoms with Crippen LogP contribution < -0.4 is 10.5 Å². The average Bonchev–Trinajstić information content (AvgIpc) is 2.44. The summed E-state index contributed by atoms with van der Waals surface area (Å²) in [6, 6.07) is 5.88. The van der Waals surface area contributed by atoms with Gasteiger partial charge >= 0.3 is 0 Å². The van der Waals surface area contributed by atoms with Crippen LogP contribution in [0.4, 0.5) is 5.69 Å². The molecule has 2 N–H and O–H groups in total. The molecule has 0 saturated carbocycles. The van der Waals surface area contributed by atoms with E-state index in [1.54, 1.807) is 7.11 Å². The molecule has 112 valence electrons. The summed E-state index contributed by atoms with van der Waals surface area (Å²) < 4.78 is 5.27. The third kappa shape index (κ3) is 4.12. The predicted molar refractivity (Wildman–Crippen MR) is 84.0 cm³/mol. The van der Waals surface area contributed by atoms with Crippen molar-refractivity contribution in [2.75, 3.05) is 46.6 Å². The molecule has 0 atom stereocenters. The lowest BCUT2D eigenvalue weighted by Gasteiger charge is -2.31. The molecule has 0 bridgehead atoms. The van der Waals surface area contributed by atoms with Crippen LogP contribution in [0.3, 0.4) is 0 Å². The van der Waals surface area contributed by atoms with Crippen molar-refractivity contribution in [3.63, 3.8) is 0 Å². The zero-order chi connectivity index (χ0) is 14.5. The second-order valence-corrected chi connectivity index (χ2v) is 6.01. The molecule has 0 spiro atoms. The van der Waals surface area contributed by atoms with Crippen molar-refractivity contribution >= 4 is 5.69 Å². The van der Waals surface area contributed by atoms with Gasteiger partial charge in [0.2, 0.25) is 0 Å². The second-order valence-electron chi connectivity index (χ2n) is 6.01. The van der Waals surface area contributed by atoms with Crippen LogP contribution >= 0.6 is 0 Å². The highest BCUT2D eigenvalue weighted by Crippen LogP contribution is 2.22. The molecule has 4 nitrogen and oxygen atoms in total. The van der Waals surface area contributed by atoms with Gasteiger partial charge in [0.1, 0.15) is 5.75 Å². The largest absolute Gasteiger partial charge is 0.497 e. The van der Waals surface area contributed by atoms with Crippen molar-refractivity contribution in [2.24, 2.45) is 5.92 Å². The molecule has 0 aliphatic carbocycles. The van der Waals surface area contributed by atoms with Gasteiger partial charge in [0.15, 0.2) is 0 Å². The zero-order valence-corrected chi connectivity index (χ0v) is 12.9. The van der Waals surface area contributed by atoms with Gasteiger partial charge in [-0.2, -0.15) is 0 Å². The Morgan fingerprint density at radius 3 is 2.70 bits per heavy atom. The fourth-order valence-corrected chi connectivity index (χ4v) is 2.89. The number of hydrogen-bond acceptors (Lipinski definition) is 4. The van der Waals surface area contributed by atoms with Gasteiger partial charge in [0, 0.05) is 18.8 Å². The molecule has 1 aromatic rings. The molecule has 1 aliphatic rings. The first-order valence-electron chi connectivity index (χ1n) is 7.38. The van der Waals surface area contributed by atoms with Crippen molar-refractivity contribution in [2.45, 2.75) is 19.4 Å². The van der Waals surface area contributed by atoms with Gasteiger partial charge in [-0.3, -0.25) is 0 Å². The number of piperidine rings is 1. The minimum Gasteiger partial charge on any atom is -0.497 e. The molecule has 1 aromatic carbocycles. The quantitative estimate of drug-likeness (QED) is 0.837. The maximum Gasteiger partial charge on any atom is 0.119 e. The van der Waals surface area contributed by atoms with E-state index in [9.17, 15) is 0 Å². The molecule has 0 radical (unpaired) electrons. The van der Waals surface area contributed by atoms with E-state index in [0.717, 1.165) is 36.0 Å². The normalized spacial score (nSPS) is 17.6. The Bertz CT molecular complexity index is 428. The smallest absolute Gasteiger partial charge is 0.119 e. The van der Waals surface area contributed by atoms with E-state index in [2.05, 4.69) is 23.9 Å². The Hall–Kier alpha value is -1.26. The molecule has 1 heterocycles. The van der Waals surface area contributed by atoms with Crippen LogP contribution in [0.2, 0.25) is 0 Å². The number of nitrogens with two attached hydrogens (primary N) is 1. The number of methoxy groups -OCH3 is 1. The van der Waals surface area contributed by atoms with E-state index < -0.39 is 0 Å². The molecule has 1 aliphatic heterocycles. The van der Waals surface area contributed by atoms with Crippen LogP contribution in [-0.2, 0) is 6.54 Å². The van der Waals surface area contributed by atoms with Gasteiger partial charge in [-0.25, -0.2) is 0 Å². The number of ether oxygens (including phenoxy) is 1. The number of nitrogens with zero attached hydrogens (tertiary/aromatic N) is 2. The second kappa shape index (κ2) is 6.95. The molecule has 20 heavy (non-hydrogen) atoms. The van der Waals surface area contributed by atoms with Crippen LogP contribution in [0.1, 0.15) is 18.4 Å². The third-order valence-corrected chi connectivity index (χ3v) is 4.20. The van der Waals surface area contributed by atoms with Gasteiger partial charge in [-0.05, 0) is 69.7 Å². The molecular weight excluding hydrogens is 250 g/mol. The number of nitrogen functional groups attached to an aromatic ring is 1. The van der Waals surface area contributed by atoms with Crippen LogP contribution in [0.5, 0.6) is 5.75 Å². The van der Waals surface area contributed by atoms with E-state index in [1.807, 2.05) is 18.2 Å². The summed E-state index contributed by atoms with van der Waals surface area (Å²) in [7, 11) is 6.08. The summed E-state index contributed by atoms with van der Waals surface area (Å²) in [5.74, 6) is 1.69. The Kier molecular flexibility index (Phi) is 5.26. The highest BCUT2D eigenvalue weighted by atomic mass is 16.5. The molecule has 1 fully saturated rings. The molecule has 2 rings (SSSR count). The van der Waals surface area contributed by atoms with Crippen molar-refractivity contribution in [3.8, 4) is 5.75 Å². The number of anilines is 1. The monoisotopic (exact) mass is 277 g/mol. The molecule has 0 amide bonds. The maximum absolute atomic E-state index is 6.05. The number of likely N-dealkylation sites (tertiary alicyclic amines) is 1. The Morgan fingerprint density at radius 2 is 2.05 bits per heavy atom. The van der Waals surface area contributed by atoms with E-state index in [0.29, 0.717) is 0 Å². The minimum absolute atomic E-state index is 0.808. The van der Waals surface area contributed by atoms with Crippen molar-refractivity contribution in [3.05, 3.63) is 23.8 Å². The Labute approximate surface area is 122 Å². The standard InChI is InChI=1S/C16H27N3O/c1-18-8-6-13(7-9-18)11-19(2)12-14-10-15(20-3)4-5-16(14)17/h4-5,10,13H,6-9,11-12,17H2,1-3H3. The highest BCUT2D eigenvalue weighted by Gasteiger charge is 2.18. The van der Waals surface area contributed by atoms with Crippen molar-refractivity contribution < 1.29 is 4.74 Å². The van der Waals surface area contributed by atoms with Crippen LogP contribution in [0, 0.1) is 5.92 Å². The lowest BCUT2D eigenvalue weighted by atomic mass is 9.96. The molecule has 0 unspecified atom stereocenters. The number of rotatable bonds is 5. The summed E-state index contributed by atoms with van der Waals surface area (Å²) >= 11 is 0. The van der Waals surface area contributed by atoms with Crippen LogP contribution in [-0.4, -0.2) is 50.6 Å². The molecule has 4 heteroatoms. The number of benzene rings is 1. The average molecular weight is 277 g/mol. The summed E-state index contributed by atoms with van der Waals surface area (Å²) in [6.45, 7) is 4.47. The van der Waals surface area contributed by atoms with Gasteiger partial charge in [-0.15, -0.1) is 0 Å². The fourth-order valence-electron chi connectivity index (χ4n) is 2.89. The summed E-state index contributed by atoms with van der Waals surface area (Å²) in [5.41, 5.74) is 8.06. The fraction of sp³-hybridized carbons (Fsp3) is 0.625. The van der Waals surface area contributed by atoms with E-state index in [-0.39, 0.29) is 0 Å². The first-order valence-corrected chi connectivity index (χ1v) is 7.38. The van der Waals surface area contributed by atoms with Gasteiger partial charge in [-0.1, -0.05) is 0 Å². The van der Waals surface area contributed by atoms with Crippen molar-refractivity contribution in [1.82, 2.24) is 9.80 Å². The van der Waals surface area contributed by atoms with Crippen LogP contribution in [0.15, 0.2) is 18.2 Å². The Balaban J connectivity index is 1.89. The van der Waals surface area contributed by atoms with E-state index in [4.69, 9.17) is 10.5 Å². The SMILES string of the molecule is COc1ccc(N)c(CN(C)CC2CCN(C)CC2)c1. The molecular formula is C16H27N3O.